The van der Waals surface area contributed by atoms with Gasteiger partial charge in [0.05, 0.1) is 31.6 Å². The number of H-pyrrole nitrogens is 1. The highest BCUT2D eigenvalue weighted by Crippen LogP contribution is 2.37. The monoisotopic (exact) mass is 480 g/mol. The highest BCUT2D eigenvalue weighted by atomic mass is 79.9. The number of carbonyl (C=O) groups excluding carboxylic acids is 2. The maximum Gasteiger partial charge on any atom is 0.407 e. The summed E-state index contributed by atoms with van der Waals surface area (Å²) in [6.07, 6.45) is 0.810. The summed E-state index contributed by atoms with van der Waals surface area (Å²) in [5.41, 5.74) is 1.64. The van der Waals surface area contributed by atoms with Gasteiger partial charge in [0.1, 0.15) is 11.9 Å². The van der Waals surface area contributed by atoms with Gasteiger partial charge in [-0.1, -0.05) is 41.9 Å². The van der Waals surface area contributed by atoms with E-state index in [1.807, 2.05) is 24.3 Å². The second kappa shape index (κ2) is 8.75. The van der Waals surface area contributed by atoms with Crippen LogP contribution in [0.15, 0.2) is 34.9 Å². The third-order valence-corrected chi connectivity index (χ3v) is 5.59. The third-order valence-electron chi connectivity index (χ3n) is 5.06. The van der Waals surface area contributed by atoms with E-state index in [4.69, 9.17) is 0 Å². The molecule has 0 saturated carbocycles. The van der Waals surface area contributed by atoms with Crippen LogP contribution in [0.2, 0.25) is 0 Å². The summed E-state index contributed by atoms with van der Waals surface area (Å²) in [5.74, 6) is -2.30. The van der Waals surface area contributed by atoms with E-state index in [2.05, 4.69) is 36.0 Å². The Balaban J connectivity index is 1.88. The van der Waals surface area contributed by atoms with Crippen molar-refractivity contribution in [2.24, 2.45) is 5.92 Å². The number of nitrogens with one attached hydrogen (secondary N) is 2. The molecule has 0 aliphatic carbocycles. The first-order valence-corrected chi connectivity index (χ1v) is 10.3. The summed E-state index contributed by atoms with van der Waals surface area (Å²) in [4.78, 5) is 33.8. The molecule has 4 N–H and O–H groups in total. The highest BCUT2D eigenvalue weighted by Gasteiger charge is 2.47. The number of ether oxygens (including phenoxy) is 1. The lowest BCUT2D eigenvalue weighted by Crippen LogP contribution is -2.52. The number of amides is 2. The molecular formula is C20H25BrN4O5. The van der Waals surface area contributed by atoms with Crippen LogP contribution in [0.3, 0.4) is 0 Å². The number of aromatic amines is 1. The number of aromatic nitrogens is 2. The quantitative estimate of drug-likeness (QED) is 0.485. The number of rotatable bonds is 5. The van der Waals surface area contributed by atoms with Crippen molar-refractivity contribution >= 4 is 27.9 Å². The van der Waals surface area contributed by atoms with Crippen molar-refractivity contribution in [1.29, 1.82) is 0 Å². The SMILES string of the molecule is COC(=O)NC(C(=O)N1CC(O)(O)CC1c1ncc(-c2ccc(Br)cc2)[nH]1)C(C)C. The van der Waals surface area contributed by atoms with E-state index in [1.165, 1.54) is 12.0 Å². The summed E-state index contributed by atoms with van der Waals surface area (Å²) in [5, 5.41) is 23.0. The topological polar surface area (TPSA) is 128 Å². The number of β-amino-alcohol motifs (C(OH)–C–C–N with tert-alkyl or cyclic N) is 2. The average Bonchev–Trinajstić information content (AvgIpc) is 3.30. The summed E-state index contributed by atoms with van der Waals surface area (Å²) in [6.45, 7) is 3.28. The van der Waals surface area contributed by atoms with E-state index in [9.17, 15) is 19.8 Å². The molecule has 9 nitrogen and oxygen atoms in total. The van der Waals surface area contributed by atoms with E-state index < -0.39 is 29.9 Å². The number of carbonyl (C=O) groups is 2. The maximum absolute atomic E-state index is 13.2. The third kappa shape index (κ3) is 4.82. The molecule has 162 valence electrons. The molecule has 2 unspecified atom stereocenters. The number of hydrogen-bond donors (Lipinski definition) is 4. The normalized spacial score (nSPS) is 19.0. The molecule has 2 aromatic rings. The Morgan fingerprint density at radius 1 is 1.33 bits per heavy atom. The summed E-state index contributed by atoms with van der Waals surface area (Å²) in [7, 11) is 1.22. The van der Waals surface area contributed by atoms with Crippen molar-refractivity contribution in [1.82, 2.24) is 20.2 Å². The molecule has 1 fully saturated rings. The Labute approximate surface area is 182 Å². The van der Waals surface area contributed by atoms with E-state index >= 15 is 0 Å². The number of nitrogens with zero attached hydrogens (tertiary/aromatic N) is 2. The molecule has 1 aliphatic rings. The lowest BCUT2D eigenvalue weighted by molar-refractivity contribution is -0.155. The number of likely N-dealkylation sites (tertiary alicyclic amines) is 1. The molecule has 10 heteroatoms. The minimum atomic E-state index is -2.06. The lowest BCUT2D eigenvalue weighted by Gasteiger charge is -2.29. The number of aliphatic hydroxyl groups is 2. The van der Waals surface area contributed by atoms with Gasteiger partial charge in [0, 0.05) is 10.9 Å². The van der Waals surface area contributed by atoms with Gasteiger partial charge in [-0.3, -0.25) is 4.79 Å². The average molecular weight is 481 g/mol. The zero-order valence-corrected chi connectivity index (χ0v) is 18.5. The fourth-order valence-corrected chi connectivity index (χ4v) is 3.77. The molecule has 30 heavy (non-hydrogen) atoms. The molecule has 1 aromatic heterocycles. The van der Waals surface area contributed by atoms with Crippen molar-refractivity contribution in [3.63, 3.8) is 0 Å². The first kappa shape index (κ1) is 22.3. The maximum atomic E-state index is 13.2. The molecule has 0 spiro atoms. The van der Waals surface area contributed by atoms with E-state index in [1.54, 1.807) is 20.0 Å². The number of halogens is 1. The summed E-state index contributed by atoms with van der Waals surface area (Å²) >= 11 is 3.40. The molecule has 1 saturated heterocycles. The van der Waals surface area contributed by atoms with E-state index in [-0.39, 0.29) is 18.9 Å². The van der Waals surface area contributed by atoms with Crippen molar-refractivity contribution in [3.05, 3.63) is 40.8 Å². The summed E-state index contributed by atoms with van der Waals surface area (Å²) < 4.78 is 5.56. The van der Waals surface area contributed by atoms with Gasteiger partial charge in [-0.25, -0.2) is 9.78 Å². The van der Waals surface area contributed by atoms with Crippen LogP contribution in [0.5, 0.6) is 0 Å². The predicted octanol–water partition coefficient (Wildman–Crippen LogP) is 2.17. The van der Waals surface area contributed by atoms with Crippen LogP contribution >= 0.6 is 15.9 Å². The summed E-state index contributed by atoms with van der Waals surface area (Å²) in [6, 6.07) is 6.07. The smallest absolute Gasteiger partial charge is 0.407 e. The van der Waals surface area contributed by atoms with Crippen LogP contribution in [0.4, 0.5) is 4.79 Å². The fraction of sp³-hybridized carbons (Fsp3) is 0.450. The molecule has 1 aliphatic heterocycles. The van der Waals surface area contributed by atoms with Crippen LogP contribution in [0.25, 0.3) is 11.3 Å². The van der Waals surface area contributed by atoms with Gasteiger partial charge in [0.2, 0.25) is 5.91 Å². The Hall–Kier alpha value is -2.43. The molecule has 1 aromatic carbocycles. The molecule has 0 bridgehead atoms. The minimum Gasteiger partial charge on any atom is -0.453 e. The van der Waals surface area contributed by atoms with Gasteiger partial charge in [0.15, 0.2) is 5.79 Å². The Kier molecular flexibility index (Phi) is 6.49. The number of alkyl carbamates (subject to hydrolysis) is 1. The molecule has 2 atom stereocenters. The van der Waals surface area contributed by atoms with Gasteiger partial charge in [0.25, 0.3) is 0 Å². The van der Waals surface area contributed by atoms with Crippen LogP contribution in [-0.4, -0.2) is 62.6 Å². The largest absolute Gasteiger partial charge is 0.453 e. The lowest BCUT2D eigenvalue weighted by atomic mass is 10.0. The van der Waals surface area contributed by atoms with Gasteiger partial charge in [-0.05, 0) is 23.6 Å². The first-order chi connectivity index (χ1) is 14.1. The second-order valence-corrected chi connectivity index (χ2v) is 8.63. The predicted molar refractivity (Wildman–Crippen MR) is 112 cm³/mol. The van der Waals surface area contributed by atoms with Crippen LogP contribution < -0.4 is 5.32 Å². The van der Waals surface area contributed by atoms with Crippen molar-refractivity contribution in [2.45, 2.75) is 38.1 Å². The molecule has 0 radical (unpaired) electrons. The van der Waals surface area contributed by atoms with Crippen LogP contribution in [0, 0.1) is 5.92 Å². The van der Waals surface area contributed by atoms with Crippen molar-refractivity contribution in [3.8, 4) is 11.3 Å². The number of imidazole rings is 1. The van der Waals surface area contributed by atoms with Gasteiger partial charge in [-0.2, -0.15) is 0 Å². The van der Waals surface area contributed by atoms with Crippen LogP contribution in [-0.2, 0) is 9.53 Å². The molecule has 3 rings (SSSR count). The zero-order chi connectivity index (χ0) is 22.1. The second-order valence-electron chi connectivity index (χ2n) is 7.72. The fourth-order valence-electron chi connectivity index (χ4n) is 3.50. The molecular weight excluding hydrogens is 456 g/mol. The highest BCUT2D eigenvalue weighted by molar-refractivity contribution is 9.10. The van der Waals surface area contributed by atoms with E-state index in [0.717, 1.165) is 15.7 Å². The Morgan fingerprint density at radius 2 is 2.00 bits per heavy atom. The number of methoxy groups -OCH3 is 1. The van der Waals surface area contributed by atoms with Gasteiger partial charge < -0.3 is 30.2 Å². The standard InChI is InChI=1S/C20H25BrN4O5/c1-11(2)16(24-19(27)30-3)18(26)25-10-20(28,29)8-15(25)17-22-9-14(23-17)12-4-6-13(21)7-5-12/h4-7,9,11,15-16,28-29H,8,10H2,1-3H3,(H,22,23)(H,24,27). The van der Waals surface area contributed by atoms with E-state index in [0.29, 0.717) is 5.82 Å². The van der Waals surface area contributed by atoms with Gasteiger partial charge >= 0.3 is 6.09 Å². The van der Waals surface area contributed by atoms with Crippen LogP contribution in [0.1, 0.15) is 32.1 Å². The number of benzene rings is 1. The molecule has 2 heterocycles. The Morgan fingerprint density at radius 3 is 2.60 bits per heavy atom. The van der Waals surface area contributed by atoms with Crippen molar-refractivity contribution < 1.29 is 24.5 Å². The molecule has 2 amide bonds. The minimum absolute atomic E-state index is 0.102. The number of hydrogen-bond acceptors (Lipinski definition) is 6. The Bertz CT molecular complexity index is 912. The van der Waals surface area contributed by atoms with Gasteiger partial charge in [-0.15, -0.1) is 0 Å². The van der Waals surface area contributed by atoms with Crippen molar-refractivity contribution in [2.75, 3.05) is 13.7 Å². The first-order valence-electron chi connectivity index (χ1n) is 9.52. The zero-order valence-electron chi connectivity index (χ0n) is 16.9.